The maximum absolute atomic E-state index is 11.4. The van der Waals surface area contributed by atoms with Crippen molar-refractivity contribution in [1.82, 2.24) is 5.32 Å². The first-order chi connectivity index (χ1) is 8.67. The molecule has 2 N–H and O–H groups in total. The zero-order chi connectivity index (χ0) is 13.4. The van der Waals surface area contributed by atoms with Gasteiger partial charge in [-0.15, -0.1) is 0 Å². The highest BCUT2D eigenvalue weighted by Crippen LogP contribution is 2.03. The first kappa shape index (κ1) is 13.2. The summed E-state index contributed by atoms with van der Waals surface area (Å²) in [6.45, 7) is 0. The summed E-state index contributed by atoms with van der Waals surface area (Å²) in [5.41, 5.74) is -0.0859. The van der Waals surface area contributed by atoms with E-state index in [2.05, 4.69) is 21.4 Å². The standard InChI is InChI=1S/C11H9N4O3/c1-18-15-9(7-12)10(16)14-11(17)13-8-5-3-2-4-6-8/h2-3,5-6H,1H3,(H2,13,14,16,17)/b15-9-. The van der Waals surface area contributed by atoms with Gasteiger partial charge in [0.2, 0.25) is 5.71 Å². The Balaban J connectivity index is 2.58. The second kappa shape index (κ2) is 6.65. The van der Waals surface area contributed by atoms with Crippen molar-refractivity contribution in [2.24, 2.45) is 5.16 Å². The number of amides is 3. The third kappa shape index (κ3) is 3.94. The molecule has 0 aliphatic rings. The van der Waals surface area contributed by atoms with E-state index < -0.39 is 17.6 Å². The van der Waals surface area contributed by atoms with Gasteiger partial charge < -0.3 is 10.2 Å². The molecule has 0 heterocycles. The molecule has 1 radical (unpaired) electrons. The van der Waals surface area contributed by atoms with Crippen molar-refractivity contribution < 1.29 is 14.4 Å². The molecule has 3 amide bonds. The van der Waals surface area contributed by atoms with Gasteiger partial charge >= 0.3 is 6.03 Å². The fraction of sp³-hybridized carbons (Fsp3) is 0.0909. The van der Waals surface area contributed by atoms with Crippen LogP contribution in [0.4, 0.5) is 10.5 Å². The summed E-state index contributed by atoms with van der Waals surface area (Å²) in [5, 5.41) is 16.0. The van der Waals surface area contributed by atoms with E-state index in [4.69, 9.17) is 5.26 Å². The van der Waals surface area contributed by atoms with Crippen molar-refractivity contribution in [3.05, 3.63) is 30.3 Å². The predicted octanol–water partition coefficient (Wildman–Crippen LogP) is 0.661. The van der Waals surface area contributed by atoms with Crippen molar-refractivity contribution in [3.8, 4) is 6.07 Å². The lowest BCUT2D eigenvalue weighted by Crippen LogP contribution is -2.38. The molecule has 0 bridgehead atoms. The van der Waals surface area contributed by atoms with Gasteiger partial charge in [-0.25, -0.2) is 4.79 Å². The zero-order valence-corrected chi connectivity index (χ0v) is 9.43. The number of carbonyl (C=O) groups is 2. The van der Waals surface area contributed by atoms with Crippen LogP contribution in [0.1, 0.15) is 0 Å². The number of nitrogens with zero attached hydrogens (tertiary/aromatic N) is 2. The Labute approximate surface area is 103 Å². The van der Waals surface area contributed by atoms with Crippen LogP contribution in [0.3, 0.4) is 0 Å². The van der Waals surface area contributed by atoms with Crippen LogP contribution < -0.4 is 10.6 Å². The largest absolute Gasteiger partial charge is 0.398 e. The summed E-state index contributed by atoms with van der Waals surface area (Å²) in [5.74, 6) is -0.947. The number of rotatable bonds is 3. The van der Waals surface area contributed by atoms with E-state index in [1.54, 1.807) is 18.2 Å². The number of oxime groups is 1. The maximum atomic E-state index is 11.4. The van der Waals surface area contributed by atoms with Crippen LogP contribution in [0.5, 0.6) is 0 Å². The van der Waals surface area contributed by atoms with Crippen LogP contribution in [0.25, 0.3) is 0 Å². The van der Waals surface area contributed by atoms with Gasteiger partial charge in [-0.05, 0) is 18.2 Å². The van der Waals surface area contributed by atoms with E-state index in [-0.39, 0.29) is 0 Å². The Morgan fingerprint density at radius 3 is 2.89 bits per heavy atom. The van der Waals surface area contributed by atoms with Crippen LogP contribution >= 0.6 is 0 Å². The topological polar surface area (TPSA) is 104 Å². The van der Waals surface area contributed by atoms with Crippen molar-refractivity contribution in [2.45, 2.75) is 0 Å². The molecule has 91 valence electrons. The van der Waals surface area contributed by atoms with E-state index in [0.717, 1.165) is 0 Å². The highest BCUT2D eigenvalue weighted by Gasteiger charge is 2.15. The highest BCUT2D eigenvalue weighted by molar-refractivity contribution is 6.47. The molecule has 18 heavy (non-hydrogen) atoms. The average Bonchev–Trinajstić information content (AvgIpc) is 2.36. The minimum atomic E-state index is -0.947. The second-order valence-electron chi connectivity index (χ2n) is 2.93. The lowest BCUT2D eigenvalue weighted by atomic mass is 10.3. The molecule has 0 saturated heterocycles. The molecular formula is C11H9N4O3. The Bertz CT molecular complexity index is 505. The smallest absolute Gasteiger partial charge is 0.326 e. The molecule has 0 saturated carbocycles. The number of hydrogen-bond donors (Lipinski definition) is 2. The molecule has 1 rings (SSSR count). The molecule has 7 heteroatoms. The first-order valence-electron chi connectivity index (χ1n) is 4.77. The summed E-state index contributed by atoms with van der Waals surface area (Å²) >= 11 is 0. The summed E-state index contributed by atoms with van der Waals surface area (Å²) in [6.07, 6.45) is 0. The average molecular weight is 245 g/mol. The van der Waals surface area contributed by atoms with Crippen LogP contribution in [0.2, 0.25) is 0 Å². The molecule has 0 atom stereocenters. The quantitative estimate of drug-likeness (QED) is 0.603. The highest BCUT2D eigenvalue weighted by atomic mass is 16.6. The Morgan fingerprint density at radius 1 is 1.56 bits per heavy atom. The van der Waals surface area contributed by atoms with E-state index in [9.17, 15) is 9.59 Å². The monoisotopic (exact) mass is 245 g/mol. The van der Waals surface area contributed by atoms with Gasteiger partial charge in [0.25, 0.3) is 5.91 Å². The first-order valence-corrected chi connectivity index (χ1v) is 4.77. The lowest BCUT2D eigenvalue weighted by molar-refractivity contribution is -0.113. The molecule has 1 aromatic carbocycles. The molecule has 0 fully saturated rings. The zero-order valence-electron chi connectivity index (χ0n) is 9.43. The fourth-order valence-electron chi connectivity index (χ4n) is 1.000. The summed E-state index contributed by atoms with van der Waals surface area (Å²) in [4.78, 5) is 27.0. The van der Waals surface area contributed by atoms with E-state index in [0.29, 0.717) is 5.69 Å². The molecule has 7 nitrogen and oxygen atoms in total. The van der Waals surface area contributed by atoms with Crippen molar-refractivity contribution in [2.75, 3.05) is 12.4 Å². The van der Waals surface area contributed by atoms with Crippen molar-refractivity contribution in [3.63, 3.8) is 0 Å². The van der Waals surface area contributed by atoms with Gasteiger partial charge in [-0.2, -0.15) is 5.26 Å². The molecule has 0 aliphatic heterocycles. The van der Waals surface area contributed by atoms with Crippen LogP contribution in [0, 0.1) is 17.4 Å². The Morgan fingerprint density at radius 2 is 2.33 bits per heavy atom. The summed E-state index contributed by atoms with van der Waals surface area (Å²) < 4.78 is 0. The number of carbonyl (C=O) groups excluding carboxylic acids is 2. The molecular weight excluding hydrogens is 236 g/mol. The third-order valence-electron chi connectivity index (χ3n) is 1.70. The van der Waals surface area contributed by atoms with Crippen LogP contribution in [0.15, 0.2) is 29.4 Å². The van der Waals surface area contributed by atoms with E-state index >= 15 is 0 Å². The number of hydrogen-bond acceptors (Lipinski definition) is 5. The van der Waals surface area contributed by atoms with E-state index in [1.807, 2.05) is 5.32 Å². The third-order valence-corrected chi connectivity index (χ3v) is 1.70. The number of benzene rings is 1. The van der Waals surface area contributed by atoms with E-state index in [1.165, 1.54) is 19.2 Å². The summed E-state index contributed by atoms with van der Waals surface area (Å²) in [7, 11) is 1.19. The minimum Gasteiger partial charge on any atom is -0.398 e. The predicted molar refractivity (Wildman–Crippen MR) is 62.5 cm³/mol. The molecule has 1 aromatic rings. The van der Waals surface area contributed by atoms with Gasteiger partial charge in [0.05, 0.1) is 0 Å². The molecule has 0 spiro atoms. The van der Waals surface area contributed by atoms with Gasteiger partial charge in [0.15, 0.2) is 0 Å². The Hall–Kier alpha value is -2.88. The molecule has 0 aromatic heterocycles. The maximum Gasteiger partial charge on any atom is 0.326 e. The number of nitrogens with one attached hydrogen (secondary N) is 2. The lowest BCUT2D eigenvalue weighted by Gasteiger charge is -2.04. The van der Waals surface area contributed by atoms with Gasteiger partial charge in [0.1, 0.15) is 13.2 Å². The van der Waals surface area contributed by atoms with Gasteiger partial charge in [0, 0.05) is 5.69 Å². The fourth-order valence-corrected chi connectivity index (χ4v) is 1.000. The van der Waals surface area contributed by atoms with Crippen molar-refractivity contribution >= 4 is 23.3 Å². The molecule has 0 unspecified atom stereocenters. The second-order valence-corrected chi connectivity index (χ2v) is 2.93. The van der Waals surface area contributed by atoms with Gasteiger partial charge in [-0.3, -0.25) is 10.1 Å². The normalized spacial score (nSPS) is 10.1. The minimum absolute atomic E-state index is 0.463. The Kier molecular flexibility index (Phi) is 4.87. The van der Waals surface area contributed by atoms with Crippen molar-refractivity contribution in [1.29, 1.82) is 5.26 Å². The van der Waals surface area contributed by atoms with Crippen LogP contribution in [-0.4, -0.2) is 24.8 Å². The number of nitriles is 1. The number of anilines is 1. The molecule has 0 aliphatic carbocycles. The van der Waals surface area contributed by atoms with Gasteiger partial charge in [-0.1, -0.05) is 17.3 Å². The summed E-state index contributed by atoms with van der Waals surface area (Å²) in [6, 6.07) is 9.95. The number of urea groups is 1. The number of imide groups is 1. The van der Waals surface area contributed by atoms with Crippen LogP contribution in [-0.2, 0) is 9.63 Å². The SMILES string of the molecule is CO/N=C(/C#N)C(=O)NC(=O)Nc1c[c]ccc1.